The fourth-order valence-corrected chi connectivity index (χ4v) is 2.08. The van der Waals surface area contributed by atoms with Crippen molar-refractivity contribution in [3.63, 3.8) is 0 Å². The monoisotopic (exact) mass is 179 g/mol. The van der Waals surface area contributed by atoms with E-state index in [1.807, 2.05) is 0 Å². The minimum Gasteiger partial charge on any atom is -0.381 e. The van der Waals surface area contributed by atoms with E-state index >= 15 is 0 Å². The molecule has 1 saturated heterocycles. The molecule has 0 aromatic heterocycles. The average Bonchev–Trinajstić information content (AvgIpc) is 2.97. The van der Waals surface area contributed by atoms with Crippen LogP contribution in [0.15, 0.2) is 0 Å². The van der Waals surface area contributed by atoms with Gasteiger partial charge >= 0.3 is 0 Å². The highest BCUT2D eigenvalue weighted by molar-refractivity contribution is 5.09. The Hall–Kier alpha value is -0.550. The quantitative estimate of drug-likeness (QED) is 0.667. The molecule has 0 bridgehead atoms. The first-order chi connectivity index (χ1) is 6.35. The summed E-state index contributed by atoms with van der Waals surface area (Å²) in [6.07, 6.45) is 7.09. The van der Waals surface area contributed by atoms with Crippen molar-refractivity contribution in [2.75, 3.05) is 13.2 Å². The van der Waals surface area contributed by atoms with Crippen LogP contribution in [-0.2, 0) is 4.74 Å². The summed E-state index contributed by atoms with van der Waals surface area (Å²) in [5.74, 6) is 0.833. The Labute approximate surface area is 79.9 Å². The van der Waals surface area contributed by atoms with Gasteiger partial charge in [-0.05, 0) is 44.4 Å². The van der Waals surface area contributed by atoms with Crippen LogP contribution in [-0.4, -0.2) is 13.2 Å². The van der Waals surface area contributed by atoms with Crippen molar-refractivity contribution in [2.45, 2.75) is 38.5 Å². The summed E-state index contributed by atoms with van der Waals surface area (Å²) in [7, 11) is 0. The first-order valence-electron chi connectivity index (χ1n) is 5.34. The van der Waals surface area contributed by atoms with Crippen LogP contribution in [0, 0.1) is 22.7 Å². The first-order valence-corrected chi connectivity index (χ1v) is 5.34. The lowest BCUT2D eigenvalue weighted by Crippen LogP contribution is -2.16. The standard InChI is InChI=1S/C11H17NO/c12-9-11(5-6-11)4-1-10-2-7-13-8-3-10/h10H,1-8H2. The van der Waals surface area contributed by atoms with Crippen molar-refractivity contribution in [1.29, 1.82) is 5.26 Å². The van der Waals surface area contributed by atoms with E-state index in [2.05, 4.69) is 6.07 Å². The van der Waals surface area contributed by atoms with Gasteiger partial charge in [-0.1, -0.05) is 0 Å². The molecule has 2 rings (SSSR count). The van der Waals surface area contributed by atoms with Crippen molar-refractivity contribution in [2.24, 2.45) is 11.3 Å². The number of nitriles is 1. The van der Waals surface area contributed by atoms with Gasteiger partial charge in [-0.3, -0.25) is 0 Å². The summed E-state index contributed by atoms with van der Waals surface area (Å²) in [6.45, 7) is 1.87. The third kappa shape index (κ3) is 2.22. The SMILES string of the molecule is N#CC1(CCC2CCOCC2)CC1. The van der Waals surface area contributed by atoms with E-state index in [1.165, 1.54) is 19.3 Å². The minimum atomic E-state index is 0.109. The van der Waals surface area contributed by atoms with Crippen LogP contribution in [0.2, 0.25) is 0 Å². The molecule has 0 atom stereocenters. The summed E-state index contributed by atoms with van der Waals surface area (Å²) in [6, 6.07) is 2.46. The molecular weight excluding hydrogens is 162 g/mol. The molecule has 1 aliphatic carbocycles. The van der Waals surface area contributed by atoms with Gasteiger partial charge in [0, 0.05) is 13.2 Å². The van der Waals surface area contributed by atoms with Gasteiger partial charge in [0.2, 0.25) is 0 Å². The molecule has 72 valence electrons. The van der Waals surface area contributed by atoms with Crippen molar-refractivity contribution in [3.05, 3.63) is 0 Å². The lowest BCUT2D eigenvalue weighted by Gasteiger charge is -2.22. The van der Waals surface area contributed by atoms with E-state index < -0.39 is 0 Å². The molecule has 0 aromatic carbocycles. The van der Waals surface area contributed by atoms with E-state index in [0.29, 0.717) is 0 Å². The lowest BCUT2D eigenvalue weighted by molar-refractivity contribution is 0.0622. The van der Waals surface area contributed by atoms with E-state index in [-0.39, 0.29) is 5.41 Å². The minimum absolute atomic E-state index is 0.109. The third-order valence-electron chi connectivity index (χ3n) is 3.46. The van der Waals surface area contributed by atoms with Crippen LogP contribution >= 0.6 is 0 Å². The van der Waals surface area contributed by atoms with Gasteiger partial charge in [-0.25, -0.2) is 0 Å². The molecule has 2 heteroatoms. The fourth-order valence-electron chi connectivity index (χ4n) is 2.08. The van der Waals surface area contributed by atoms with Gasteiger partial charge in [-0.2, -0.15) is 5.26 Å². The smallest absolute Gasteiger partial charge is 0.0689 e. The molecule has 2 nitrogen and oxygen atoms in total. The third-order valence-corrected chi connectivity index (χ3v) is 3.46. The van der Waals surface area contributed by atoms with Gasteiger partial charge in [0.15, 0.2) is 0 Å². The molecule has 2 aliphatic rings. The number of ether oxygens (including phenoxy) is 1. The zero-order valence-corrected chi connectivity index (χ0v) is 8.09. The van der Waals surface area contributed by atoms with Crippen LogP contribution < -0.4 is 0 Å². The molecule has 1 aliphatic heterocycles. The Morgan fingerprint density at radius 3 is 2.54 bits per heavy atom. The molecule has 1 saturated carbocycles. The largest absolute Gasteiger partial charge is 0.381 e. The van der Waals surface area contributed by atoms with Crippen LogP contribution in [0.4, 0.5) is 0 Å². The molecule has 0 aromatic rings. The van der Waals surface area contributed by atoms with Crippen molar-refractivity contribution < 1.29 is 4.74 Å². The lowest BCUT2D eigenvalue weighted by atomic mass is 9.90. The van der Waals surface area contributed by atoms with Gasteiger partial charge in [-0.15, -0.1) is 0 Å². The zero-order valence-electron chi connectivity index (χ0n) is 8.09. The van der Waals surface area contributed by atoms with Crippen LogP contribution in [0.25, 0.3) is 0 Å². The van der Waals surface area contributed by atoms with E-state index in [1.54, 1.807) is 0 Å². The van der Waals surface area contributed by atoms with Gasteiger partial charge < -0.3 is 4.74 Å². The molecule has 0 spiro atoms. The number of rotatable bonds is 3. The molecule has 1 heterocycles. The molecule has 0 amide bonds. The maximum absolute atomic E-state index is 8.91. The average molecular weight is 179 g/mol. The molecule has 13 heavy (non-hydrogen) atoms. The summed E-state index contributed by atoms with van der Waals surface area (Å²) in [5, 5.41) is 8.91. The summed E-state index contributed by atoms with van der Waals surface area (Å²) < 4.78 is 5.31. The molecule has 0 N–H and O–H groups in total. The Kier molecular flexibility index (Phi) is 2.55. The predicted molar refractivity (Wildman–Crippen MR) is 50.1 cm³/mol. The highest BCUT2D eigenvalue weighted by Gasteiger charge is 2.42. The normalized spacial score (nSPS) is 26.7. The van der Waals surface area contributed by atoms with Crippen molar-refractivity contribution in [3.8, 4) is 6.07 Å². The Morgan fingerprint density at radius 1 is 1.31 bits per heavy atom. The fraction of sp³-hybridized carbons (Fsp3) is 0.909. The first kappa shape index (κ1) is 9.02. The van der Waals surface area contributed by atoms with Crippen LogP contribution in [0.3, 0.4) is 0 Å². The maximum atomic E-state index is 8.91. The summed E-state index contributed by atoms with van der Waals surface area (Å²) in [5.41, 5.74) is 0.109. The van der Waals surface area contributed by atoms with E-state index in [0.717, 1.165) is 38.4 Å². The van der Waals surface area contributed by atoms with E-state index in [4.69, 9.17) is 10.00 Å². The second-order valence-corrected chi connectivity index (χ2v) is 4.49. The summed E-state index contributed by atoms with van der Waals surface area (Å²) in [4.78, 5) is 0. The predicted octanol–water partition coefficient (Wildman–Crippen LogP) is 2.50. The Morgan fingerprint density at radius 2 is 2.00 bits per heavy atom. The number of hydrogen-bond acceptors (Lipinski definition) is 2. The van der Waals surface area contributed by atoms with Crippen LogP contribution in [0.1, 0.15) is 38.5 Å². The molecule has 2 fully saturated rings. The van der Waals surface area contributed by atoms with Crippen molar-refractivity contribution in [1.82, 2.24) is 0 Å². The summed E-state index contributed by atoms with van der Waals surface area (Å²) >= 11 is 0. The van der Waals surface area contributed by atoms with Crippen LogP contribution in [0.5, 0.6) is 0 Å². The number of nitrogens with zero attached hydrogens (tertiary/aromatic N) is 1. The number of hydrogen-bond donors (Lipinski definition) is 0. The van der Waals surface area contributed by atoms with Gasteiger partial charge in [0.25, 0.3) is 0 Å². The Balaban J connectivity index is 1.70. The molecular formula is C11H17NO. The Bertz CT molecular complexity index is 209. The highest BCUT2D eigenvalue weighted by atomic mass is 16.5. The maximum Gasteiger partial charge on any atom is 0.0689 e. The van der Waals surface area contributed by atoms with Gasteiger partial charge in [0.05, 0.1) is 11.5 Å². The second-order valence-electron chi connectivity index (χ2n) is 4.49. The van der Waals surface area contributed by atoms with Crippen molar-refractivity contribution >= 4 is 0 Å². The van der Waals surface area contributed by atoms with E-state index in [9.17, 15) is 0 Å². The topological polar surface area (TPSA) is 33.0 Å². The zero-order chi connectivity index (χ0) is 9.15. The molecule has 0 unspecified atom stereocenters. The highest BCUT2D eigenvalue weighted by Crippen LogP contribution is 2.49. The van der Waals surface area contributed by atoms with Gasteiger partial charge in [0.1, 0.15) is 0 Å². The molecule has 0 radical (unpaired) electrons. The second kappa shape index (κ2) is 3.67.